The molecule has 8 heteroatoms. The smallest absolute Gasteiger partial charge is 0.326 e. The Morgan fingerprint density at radius 2 is 1.85 bits per heavy atom. The molecule has 0 aliphatic carbocycles. The lowest BCUT2D eigenvalue weighted by Crippen LogP contribution is -2.48. The van der Waals surface area contributed by atoms with Crippen LogP contribution in [-0.4, -0.2) is 60.1 Å². The SMILES string of the molecule is CCN(CC)CCCNC(=O)N[C@@H](CC(N)=O)C(=O)O. The Balaban J connectivity index is 3.96. The van der Waals surface area contributed by atoms with Gasteiger partial charge in [0.2, 0.25) is 5.91 Å². The van der Waals surface area contributed by atoms with Crippen molar-refractivity contribution in [2.45, 2.75) is 32.7 Å². The summed E-state index contributed by atoms with van der Waals surface area (Å²) in [6.45, 7) is 7.31. The molecule has 8 nitrogen and oxygen atoms in total. The molecule has 0 heterocycles. The van der Waals surface area contributed by atoms with Gasteiger partial charge in [0.25, 0.3) is 0 Å². The number of aliphatic carboxylic acids is 1. The third kappa shape index (κ3) is 8.30. The molecule has 0 aromatic heterocycles. The van der Waals surface area contributed by atoms with Crippen LogP contribution in [0.3, 0.4) is 0 Å². The number of rotatable bonds is 10. The van der Waals surface area contributed by atoms with Crippen molar-refractivity contribution in [3.8, 4) is 0 Å². The Labute approximate surface area is 118 Å². The van der Waals surface area contributed by atoms with Gasteiger partial charge in [0, 0.05) is 6.54 Å². The number of hydrogen-bond acceptors (Lipinski definition) is 4. The summed E-state index contributed by atoms with van der Waals surface area (Å²) in [4.78, 5) is 35.2. The predicted molar refractivity (Wildman–Crippen MR) is 74.2 cm³/mol. The molecule has 116 valence electrons. The number of nitrogens with zero attached hydrogens (tertiary/aromatic N) is 1. The fourth-order valence-corrected chi connectivity index (χ4v) is 1.65. The van der Waals surface area contributed by atoms with E-state index in [-0.39, 0.29) is 0 Å². The zero-order valence-electron chi connectivity index (χ0n) is 12.0. The summed E-state index contributed by atoms with van der Waals surface area (Å²) in [6.07, 6.45) is 0.338. The second kappa shape index (κ2) is 10.0. The summed E-state index contributed by atoms with van der Waals surface area (Å²) in [5.41, 5.74) is 4.91. The van der Waals surface area contributed by atoms with E-state index in [0.29, 0.717) is 6.54 Å². The van der Waals surface area contributed by atoms with Gasteiger partial charge in [0.15, 0.2) is 0 Å². The minimum absolute atomic E-state index is 0.428. The van der Waals surface area contributed by atoms with Gasteiger partial charge in [-0.3, -0.25) is 4.79 Å². The molecule has 0 unspecified atom stereocenters. The van der Waals surface area contributed by atoms with Crippen LogP contribution < -0.4 is 16.4 Å². The Kier molecular flexibility index (Phi) is 9.10. The van der Waals surface area contributed by atoms with E-state index in [4.69, 9.17) is 10.8 Å². The van der Waals surface area contributed by atoms with Crippen LogP contribution in [0, 0.1) is 0 Å². The number of carbonyl (C=O) groups is 3. The van der Waals surface area contributed by atoms with Crippen LogP contribution in [0.4, 0.5) is 4.79 Å². The third-order valence-corrected chi connectivity index (χ3v) is 2.84. The Bertz CT molecular complexity index is 331. The summed E-state index contributed by atoms with van der Waals surface area (Å²) in [7, 11) is 0. The first kappa shape index (κ1) is 18.2. The van der Waals surface area contributed by atoms with E-state index in [1.54, 1.807) is 0 Å². The van der Waals surface area contributed by atoms with E-state index in [9.17, 15) is 14.4 Å². The van der Waals surface area contributed by atoms with Crippen molar-refractivity contribution >= 4 is 17.9 Å². The van der Waals surface area contributed by atoms with Crippen molar-refractivity contribution in [3.05, 3.63) is 0 Å². The predicted octanol–water partition coefficient (Wildman–Crippen LogP) is -0.654. The van der Waals surface area contributed by atoms with E-state index in [1.165, 1.54) is 0 Å². The second-order valence-electron chi connectivity index (χ2n) is 4.34. The molecule has 0 aromatic rings. The molecule has 0 aromatic carbocycles. The molecule has 0 saturated carbocycles. The molecular weight excluding hydrogens is 264 g/mol. The van der Waals surface area contributed by atoms with Gasteiger partial charge < -0.3 is 26.4 Å². The van der Waals surface area contributed by atoms with Gasteiger partial charge >= 0.3 is 12.0 Å². The molecule has 0 saturated heterocycles. The Morgan fingerprint density at radius 1 is 1.25 bits per heavy atom. The molecule has 0 fully saturated rings. The van der Waals surface area contributed by atoms with Gasteiger partial charge in [-0.05, 0) is 26.1 Å². The molecule has 0 spiro atoms. The van der Waals surface area contributed by atoms with Crippen molar-refractivity contribution in [2.75, 3.05) is 26.2 Å². The fraction of sp³-hybridized carbons (Fsp3) is 0.750. The Morgan fingerprint density at radius 3 is 2.30 bits per heavy atom. The fourth-order valence-electron chi connectivity index (χ4n) is 1.65. The van der Waals surface area contributed by atoms with E-state index >= 15 is 0 Å². The second-order valence-corrected chi connectivity index (χ2v) is 4.34. The minimum atomic E-state index is -1.30. The van der Waals surface area contributed by atoms with Crippen LogP contribution in [0.25, 0.3) is 0 Å². The lowest BCUT2D eigenvalue weighted by atomic mass is 10.2. The standard InChI is InChI=1S/C12H24N4O4/c1-3-16(4-2)7-5-6-14-12(20)15-9(11(18)19)8-10(13)17/h9H,3-8H2,1-2H3,(H2,13,17)(H,18,19)(H2,14,15,20)/t9-/m0/s1. The zero-order chi connectivity index (χ0) is 15.5. The summed E-state index contributed by atoms with van der Waals surface area (Å²) in [6, 6.07) is -1.91. The average molecular weight is 288 g/mol. The van der Waals surface area contributed by atoms with Crippen molar-refractivity contribution in [2.24, 2.45) is 5.73 Å². The molecule has 0 aliphatic heterocycles. The first-order valence-electron chi connectivity index (χ1n) is 6.68. The summed E-state index contributed by atoms with van der Waals surface area (Å²) in [5.74, 6) is -2.07. The number of carbonyl (C=O) groups excluding carboxylic acids is 2. The number of nitrogens with two attached hydrogens (primary N) is 1. The molecule has 0 radical (unpaired) electrons. The van der Waals surface area contributed by atoms with Gasteiger partial charge in [-0.25, -0.2) is 9.59 Å². The van der Waals surface area contributed by atoms with Crippen molar-refractivity contribution in [3.63, 3.8) is 0 Å². The molecule has 0 rings (SSSR count). The van der Waals surface area contributed by atoms with Gasteiger partial charge in [-0.1, -0.05) is 13.8 Å². The van der Waals surface area contributed by atoms with Crippen LogP contribution in [-0.2, 0) is 9.59 Å². The molecular formula is C12H24N4O4. The molecule has 0 aliphatic rings. The molecule has 3 amide bonds. The van der Waals surface area contributed by atoms with E-state index < -0.39 is 30.4 Å². The van der Waals surface area contributed by atoms with Gasteiger partial charge in [-0.15, -0.1) is 0 Å². The first-order chi connectivity index (χ1) is 9.40. The summed E-state index contributed by atoms with van der Waals surface area (Å²) >= 11 is 0. The monoisotopic (exact) mass is 288 g/mol. The maximum absolute atomic E-state index is 11.5. The summed E-state index contributed by atoms with van der Waals surface area (Å²) < 4.78 is 0. The average Bonchev–Trinajstić information content (AvgIpc) is 2.37. The molecule has 20 heavy (non-hydrogen) atoms. The number of nitrogens with one attached hydrogen (secondary N) is 2. The molecule has 1 atom stereocenters. The van der Waals surface area contributed by atoms with E-state index in [2.05, 4.69) is 29.4 Å². The van der Waals surface area contributed by atoms with E-state index in [1.807, 2.05) is 0 Å². The van der Waals surface area contributed by atoms with Crippen LogP contribution in [0.2, 0.25) is 0 Å². The Hall–Kier alpha value is -1.83. The normalized spacial score (nSPS) is 11.9. The lowest BCUT2D eigenvalue weighted by Gasteiger charge is -2.18. The maximum Gasteiger partial charge on any atom is 0.326 e. The van der Waals surface area contributed by atoms with Gasteiger partial charge in [-0.2, -0.15) is 0 Å². The highest BCUT2D eigenvalue weighted by Gasteiger charge is 2.21. The minimum Gasteiger partial charge on any atom is -0.480 e. The van der Waals surface area contributed by atoms with Gasteiger partial charge in [0.1, 0.15) is 6.04 Å². The van der Waals surface area contributed by atoms with Crippen molar-refractivity contribution < 1.29 is 19.5 Å². The van der Waals surface area contributed by atoms with Crippen LogP contribution in [0.15, 0.2) is 0 Å². The lowest BCUT2D eigenvalue weighted by molar-refractivity contribution is -0.140. The summed E-state index contributed by atoms with van der Waals surface area (Å²) in [5, 5.41) is 13.6. The quantitative estimate of drug-likeness (QED) is 0.397. The van der Waals surface area contributed by atoms with E-state index in [0.717, 1.165) is 26.1 Å². The highest BCUT2D eigenvalue weighted by atomic mass is 16.4. The number of hydrogen-bond donors (Lipinski definition) is 4. The van der Waals surface area contributed by atoms with Gasteiger partial charge in [0.05, 0.1) is 6.42 Å². The third-order valence-electron chi connectivity index (χ3n) is 2.84. The number of carboxylic acids is 1. The first-order valence-corrected chi connectivity index (χ1v) is 6.68. The largest absolute Gasteiger partial charge is 0.480 e. The number of urea groups is 1. The zero-order valence-corrected chi connectivity index (χ0v) is 12.0. The van der Waals surface area contributed by atoms with Crippen LogP contribution in [0.5, 0.6) is 0 Å². The highest BCUT2D eigenvalue weighted by molar-refractivity contribution is 5.87. The number of carboxylic acid groups (broad SMARTS) is 1. The maximum atomic E-state index is 11.5. The van der Waals surface area contributed by atoms with Crippen molar-refractivity contribution in [1.29, 1.82) is 0 Å². The van der Waals surface area contributed by atoms with Crippen LogP contribution in [0.1, 0.15) is 26.7 Å². The topological polar surface area (TPSA) is 125 Å². The van der Waals surface area contributed by atoms with Crippen molar-refractivity contribution in [1.82, 2.24) is 15.5 Å². The number of amides is 3. The number of primary amides is 1. The highest BCUT2D eigenvalue weighted by Crippen LogP contribution is 1.92. The molecule has 0 bridgehead atoms. The molecule has 5 N–H and O–H groups in total. The van der Waals surface area contributed by atoms with Crippen LogP contribution >= 0.6 is 0 Å².